The minimum Gasteiger partial charge on any atom is -0.459 e. The van der Waals surface area contributed by atoms with Crippen molar-refractivity contribution in [2.24, 2.45) is 29.4 Å². The molecule has 3 nitrogen and oxygen atoms in total. The van der Waals surface area contributed by atoms with Gasteiger partial charge in [-0.1, -0.05) is 0 Å². The largest absolute Gasteiger partial charge is 0.459 e. The summed E-state index contributed by atoms with van der Waals surface area (Å²) >= 11 is 3.89. The molecule has 4 rings (SSSR count). The predicted octanol–water partition coefficient (Wildman–Crippen LogP) is 2.84. The second-order valence-corrected chi connectivity index (χ2v) is 11.4. The van der Waals surface area contributed by atoms with Crippen LogP contribution in [-0.2, 0) is 9.53 Å². The Morgan fingerprint density at radius 2 is 1.53 bits per heavy atom. The average Bonchev–Trinajstić information content (AvgIpc) is 2.20. The average molecular weight is 461 g/mol. The van der Waals surface area contributed by atoms with Crippen LogP contribution < -0.4 is 5.73 Å². The van der Waals surface area contributed by atoms with E-state index in [-0.39, 0.29) is 12.1 Å². The molecule has 4 fully saturated rings. The van der Waals surface area contributed by atoms with Gasteiger partial charge in [-0.15, -0.1) is 0 Å². The molecule has 2 N–H and O–H groups in total. The van der Waals surface area contributed by atoms with Crippen LogP contribution in [0.4, 0.5) is 0 Å². The molecule has 0 saturated heterocycles. The van der Waals surface area contributed by atoms with E-state index in [4.69, 9.17) is 10.5 Å². The molecule has 96 valence electrons. The van der Waals surface area contributed by atoms with Gasteiger partial charge in [0, 0.05) is 0 Å². The summed E-state index contributed by atoms with van der Waals surface area (Å²) in [5, 5.41) is 0. The zero-order chi connectivity index (χ0) is 12.2. The Labute approximate surface area is 129 Å². The topological polar surface area (TPSA) is 52.3 Å². The van der Waals surface area contributed by atoms with Gasteiger partial charge in [0.25, 0.3) is 0 Å². The monoisotopic (exact) mass is 461 g/mol. The van der Waals surface area contributed by atoms with Crippen molar-refractivity contribution in [3.8, 4) is 0 Å². The summed E-state index contributed by atoms with van der Waals surface area (Å²) in [6, 6.07) is 0. The van der Waals surface area contributed by atoms with Crippen LogP contribution in [0.2, 0.25) is 0 Å². The molecule has 4 aliphatic rings. The van der Waals surface area contributed by atoms with E-state index in [2.05, 4.69) is 0 Å². The lowest BCUT2D eigenvalue weighted by Crippen LogP contribution is -2.52. The van der Waals surface area contributed by atoms with E-state index < -0.39 is 1.55 Å². The van der Waals surface area contributed by atoms with Crippen molar-refractivity contribution in [2.75, 3.05) is 0 Å². The van der Waals surface area contributed by atoms with Crippen LogP contribution in [0.25, 0.3) is 0 Å². The third kappa shape index (κ3) is 2.48. The summed E-state index contributed by atoms with van der Waals surface area (Å²) in [5.41, 5.74) is 5.78. The van der Waals surface area contributed by atoms with Gasteiger partial charge < -0.3 is 4.74 Å². The Morgan fingerprint density at radius 1 is 1.06 bits per heavy atom. The Kier molecular flexibility index (Phi) is 3.39. The third-order valence-corrected chi connectivity index (χ3v) is 5.54. The first kappa shape index (κ1) is 12.9. The minimum atomic E-state index is -0.913. The van der Waals surface area contributed by atoms with Crippen LogP contribution >= 0.6 is 45.2 Å². The molecule has 0 aromatic rings. The fourth-order valence-corrected chi connectivity index (χ4v) is 4.52. The van der Waals surface area contributed by atoms with E-state index in [0.29, 0.717) is 11.8 Å². The highest BCUT2D eigenvalue weighted by molar-refractivity contribution is 14.2. The summed E-state index contributed by atoms with van der Waals surface area (Å²) in [6.45, 7) is 0. The van der Waals surface area contributed by atoms with E-state index in [1.807, 2.05) is 45.2 Å². The maximum absolute atomic E-state index is 11.9. The molecule has 0 amide bonds. The first-order valence-electron chi connectivity index (χ1n) is 6.31. The third-order valence-electron chi connectivity index (χ3n) is 4.66. The zero-order valence-corrected chi connectivity index (χ0v) is 13.9. The summed E-state index contributed by atoms with van der Waals surface area (Å²) in [7, 11) is 0. The first-order chi connectivity index (χ1) is 7.93. The standard InChI is InChI=1S/C12H17I2NO2/c13-12(14,15)11(16)17-10-8-2-6-1-7(4-8)5-9(10)3-6/h6-10H,1-5,15H2. The fraction of sp³-hybridized carbons (Fsp3) is 0.917. The quantitative estimate of drug-likeness (QED) is 0.298. The van der Waals surface area contributed by atoms with Crippen LogP contribution in [0.3, 0.4) is 0 Å². The molecule has 0 aliphatic heterocycles. The van der Waals surface area contributed by atoms with Gasteiger partial charge in [-0.25, -0.2) is 4.79 Å². The van der Waals surface area contributed by atoms with Crippen LogP contribution in [0.5, 0.6) is 0 Å². The van der Waals surface area contributed by atoms with Crippen LogP contribution in [-0.4, -0.2) is 13.6 Å². The fourth-order valence-electron chi connectivity index (χ4n) is 4.27. The van der Waals surface area contributed by atoms with Crippen molar-refractivity contribution in [1.29, 1.82) is 0 Å². The molecule has 5 heteroatoms. The van der Waals surface area contributed by atoms with Crippen LogP contribution in [0, 0.1) is 23.7 Å². The molecule has 0 radical (unpaired) electrons. The van der Waals surface area contributed by atoms with Gasteiger partial charge in [0.2, 0.25) is 1.55 Å². The van der Waals surface area contributed by atoms with Gasteiger partial charge in [-0.2, -0.15) is 0 Å². The molecule has 4 saturated carbocycles. The lowest BCUT2D eigenvalue weighted by molar-refractivity contribution is -0.170. The van der Waals surface area contributed by atoms with E-state index in [1.165, 1.54) is 32.1 Å². The molecular weight excluding hydrogens is 444 g/mol. The van der Waals surface area contributed by atoms with Crippen molar-refractivity contribution in [3.05, 3.63) is 0 Å². The maximum atomic E-state index is 11.9. The molecule has 0 heterocycles. The highest BCUT2D eigenvalue weighted by atomic mass is 127. The Hall–Kier alpha value is 0.890. The number of carbonyl (C=O) groups excluding carboxylic acids is 1. The molecule has 0 aromatic carbocycles. The highest BCUT2D eigenvalue weighted by Crippen LogP contribution is 2.54. The lowest BCUT2D eigenvalue weighted by atomic mass is 9.55. The molecule has 4 aliphatic carbocycles. The van der Waals surface area contributed by atoms with Crippen molar-refractivity contribution < 1.29 is 9.53 Å². The zero-order valence-electron chi connectivity index (χ0n) is 9.57. The van der Waals surface area contributed by atoms with Gasteiger partial charge in [0.15, 0.2) is 0 Å². The summed E-state index contributed by atoms with van der Waals surface area (Å²) in [4.78, 5) is 11.9. The Bertz CT molecular complexity index is 312. The highest BCUT2D eigenvalue weighted by Gasteiger charge is 2.50. The summed E-state index contributed by atoms with van der Waals surface area (Å²) in [5.74, 6) is 2.80. The molecule has 0 spiro atoms. The molecule has 4 bridgehead atoms. The number of rotatable bonds is 2. The summed E-state index contributed by atoms with van der Waals surface area (Å²) in [6.07, 6.45) is 6.65. The normalized spacial score (nSPS) is 43.8. The number of carbonyl (C=O) groups is 1. The number of halogens is 2. The van der Waals surface area contributed by atoms with Gasteiger partial charge in [-0.05, 0) is 101 Å². The second-order valence-electron chi connectivity index (χ2n) is 5.92. The number of hydrogen-bond donors (Lipinski definition) is 1. The molecular formula is C12H17I2NO2. The molecule has 0 unspecified atom stereocenters. The van der Waals surface area contributed by atoms with E-state index in [9.17, 15) is 4.79 Å². The SMILES string of the molecule is NC(I)(I)C(=O)OC1C2CC3CC(C2)CC1C3. The van der Waals surface area contributed by atoms with E-state index in [0.717, 1.165) is 11.8 Å². The van der Waals surface area contributed by atoms with Crippen molar-refractivity contribution in [3.63, 3.8) is 0 Å². The Balaban J connectivity index is 1.70. The van der Waals surface area contributed by atoms with E-state index >= 15 is 0 Å². The number of nitrogens with two attached hydrogens (primary N) is 1. The Morgan fingerprint density at radius 3 is 1.94 bits per heavy atom. The number of esters is 1. The van der Waals surface area contributed by atoms with Gasteiger partial charge in [0.1, 0.15) is 6.10 Å². The van der Waals surface area contributed by atoms with E-state index in [1.54, 1.807) is 0 Å². The van der Waals surface area contributed by atoms with Gasteiger partial charge in [0.05, 0.1) is 0 Å². The van der Waals surface area contributed by atoms with Crippen molar-refractivity contribution in [1.82, 2.24) is 0 Å². The number of hydrogen-bond acceptors (Lipinski definition) is 3. The minimum absolute atomic E-state index is 0.155. The molecule has 17 heavy (non-hydrogen) atoms. The molecule has 0 atom stereocenters. The van der Waals surface area contributed by atoms with Gasteiger partial charge in [-0.3, -0.25) is 5.73 Å². The first-order valence-corrected chi connectivity index (χ1v) is 8.47. The maximum Gasteiger partial charge on any atom is 0.347 e. The van der Waals surface area contributed by atoms with Crippen molar-refractivity contribution >= 4 is 51.2 Å². The second kappa shape index (κ2) is 4.47. The van der Waals surface area contributed by atoms with Crippen LogP contribution in [0.15, 0.2) is 0 Å². The molecule has 0 aromatic heterocycles. The van der Waals surface area contributed by atoms with Crippen LogP contribution in [0.1, 0.15) is 32.1 Å². The smallest absolute Gasteiger partial charge is 0.347 e. The van der Waals surface area contributed by atoms with Crippen molar-refractivity contribution in [2.45, 2.75) is 39.8 Å². The predicted molar refractivity (Wildman–Crippen MR) is 81.9 cm³/mol. The number of alkyl halides is 2. The summed E-state index contributed by atoms with van der Waals surface area (Å²) < 4.78 is 4.80. The number of ether oxygens (including phenoxy) is 1. The van der Waals surface area contributed by atoms with Gasteiger partial charge >= 0.3 is 5.97 Å². The lowest BCUT2D eigenvalue weighted by Gasteiger charge is -2.53.